The summed E-state index contributed by atoms with van der Waals surface area (Å²) in [7, 11) is 0. The minimum Gasteiger partial charge on any atom is -0.341 e. The predicted octanol–water partition coefficient (Wildman–Crippen LogP) is 2.93. The van der Waals surface area contributed by atoms with E-state index in [9.17, 15) is 22.8 Å². The van der Waals surface area contributed by atoms with Crippen molar-refractivity contribution in [3.8, 4) is 0 Å². The minimum absolute atomic E-state index is 0.0654. The second kappa shape index (κ2) is 9.17. The molecule has 0 radical (unpaired) electrons. The van der Waals surface area contributed by atoms with Crippen molar-refractivity contribution in [2.45, 2.75) is 19.0 Å². The highest BCUT2D eigenvalue weighted by atomic mass is 32.2. The zero-order valence-electron chi connectivity index (χ0n) is 15.5. The van der Waals surface area contributed by atoms with E-state index < -0.39 is 11.7 Å². The molecule has 5 nitrogen and oxygen atoms in total. The Hall–Kier alpha value is -1.74. The van der Waals surface area contributed by atoms with Crippen LogP contribution in [0.5, 0.6) is 0 Å². The Balaban J connectivity index is 1.53. The number of anilines is 1. The van der Waals surface area contributed by atoms with Crippen LogP contribution < -0.4 is 5.32 Å². The van der Waals surface area contributed by atoms with E-state index in [1.54, 1.807) is 0 Å². The number of likely N-dealkylation sites (tertiary alicyclic amines) is 1. The number of rotatable bonds is 4. The molecule has 2 fully saturated rings. The Bertz CT molecular complexity index is 708. The van der Waals surface area contributed by atoms with Crippen LogP contribution in [0.4, 0.5) is 18.9 Å². The highest BCUT2D eigenvalue weighted by Crippen LogP contribution is 2.30. The first-order valence-corrected chi connectivity index (χ1v) is 10.5. The van der Waals surface area contributed by atoms with Gasteiger partial charge >= 0.3 is 6.18 Å². The van der Waals surface area contributed by atoms with Gasteiger partial charge in [-0.2, -0.15) is 24.9 Å². The van der Waals surface area contributed by atoms with Gasteiger partial charge in [0, 0.05) is 36.8 Å². The van der Waals surface area contributed by atoms with Crippen LogP contribution in [0.1, 0.15) is 18.4 Å². The van der Waals surface area contributed by atoms with Crippen molar-refractivity contribution in [3.63, 3.8) is 0 Å². The summed E-state index contributed by atoms with van der Waals surface area (Å²) in [6, 6.07) is 4.60. The fourth-order valence-electron chi connectivity index (χ4n) is 3.62. The van der Waals surface area contributed by atoms with Gasteiger partial charge in [0.2, 0.25) is 11.8 Å². The smallest absolute Gasteiger partial charge is 0.341 e. The van der Waals surface area contributed by atoms with Crippen molar-refractivity contribution in [3.05, 3.63) is 29.8 Å². The van der Waals surface area contributed by atoms with Crippen LogP contribution in [0, 0.1) is 5.92 Å². The van der Waals surface area contributed by atoms with Crippen molar-refractivity contribution in [2.24, 2.45) is 5.92 Å². The SMILES string of the molecule is O=C(CN1CCCC(C(=O)N2CCSCC2)C1)Nc1cccc(C(F)(F)F)c1. The molecule has 1 unspecified atom stereocenters. The van der Waals surface area contributed by atoms with Crippen LogP contribution >= 0.6 is 11.8 Å². The first-order valence-electron chi connectivity index (χ1n) is 9.39. The molecule has 2 heterocycles. The number of benzene rings is 1. The molecule has 2 amide bonds. The summed E-state index contributed by atoms with van der Waals surface area (Å²) in [6.07, 6.45) is -2.81. The number of amides is 2. The number of nitrogens with one attached hydrogen (secondary N) is 1. The van der Waals surface area contributed by atoms with E-state index in [1.807, 2.05) is 21.6 Å². The Morgan fingerprint density at radius 3 is 2.64 bits per heavy atom. The highest BCUT2D eigenvalue weighted by molar-refractivity contribution is 7.99. The lowest BCUT2D eigenvalue weighted by Gasteiger charge is -2.35. The molecule has 1 aromatic rings. The van der Waals surface area contributed by atoms with Crippen LogP contribution in [0.3, 0.4) is 0 Å². The zero-order chi connectivity index (χ0) is 20.1. The summed E-state index contributed by atoms with van der Waals surface area (Å²) < 4.78 is 38.4. The molecule has 2 aliphatic rings. The highest BCUT2D eigenvalue weighted by Gasteiger charge is 2.32. The Labute approximate surface area is 166 Å². The fraction of sp³-hybridized carbons (Fsp3) is 0.579. The maximum atomic E-state index is 12.8. The predicted molar refractivity (Wildman–Crippen MR) is 103 cm³/mol. The third-order valence-electron chi connectivity index (χ3n) is 5.02. The average molecular weight is 415 g/mol. The summed E-state index contributed by atoms with van der Waals surface area (Å²) in [5.41, 5.74) is -0.677. The van der Waals surface area contributed by atoms with E-state index in [0.717, 1.165) is 49.6 Å². The van der Waals surface area contributed by atoms with Gasteiger partial charge in [0.05, 0.1) is 18.0 Å². The first kappa shape index (κ1) is 21.0. The average Bonchev–Trinajstić information content (AvgIpc) is 2.68. The molecule has 0 bridgehead atoms. The molecule has 154 valence electrons. The lowest BCUT2D eigenvalue weighted by atomic mass is 9.96. The number of alkyl halides is 3. The molecular weight excluding hydrogens is 391 g/mol. The molecule has 1 aromatic carbocycles. The topological polar surface area (TPSA) is 52.7 Å². The van der Waals surface area contributed by atoms with Gasteiger partial charge in [0.25, 0.3) is 0 Å². The molecule has 2 saturated heterocycles. The number of hydrogen-bond acceptors (Lipinski definition) is 4. The summed E-state index contributed by atoms with van der Waals surface area (Å²) in [5, 5.41) is 2.53. The summed E-state index contributed by atoms with van der Waals surface area (Å²) in [4.78, 5) is 28.8. The fourth-order valence-corrected chi connectivity index (χ4v) is 4.52. The van der Waals surface area contributed by atoms with Crippen molar-refractivity contribution in [1.29, 1.82) is 0 Å². The number of carbonyl (C=O) groups excluding carboxylic acids is 2. The van der Waals surface area contributed by atoms with E-state index in [-0.39, 0.29) is 30.0 Å². The van der Waals surface area contributed by atoms with Gasteiger partial charge < -0.3 is 10.2 Å². The molecule has 9 heteroatoms. The van der Waals surface area contributed by atoms with Crippen molar-refractivity contribution in [1.82, 2.24) is 9.80 Å². The Kier molecular flexibility index (Phi) is 6.87. The van der Waals surface area contributed by atoms with Gasteiger partial charge in [-0.15, -0.1) is 0 Å². The molecule has 0 spiro atoms. The Morgan fingerprint density at radius 2 is 1.93 bits per heavy atom. The first-order chi connectivity index (χ1) is 13.3. The van der Waals surface area contributed by atoms with Crippen molar-refractivity contribution >= 4 is 29.3 Å². The second-order valence-electron chi connectivity index (χ2n) is 7.14. The van der Waals surface area contributed by atoms with Gasteiger partial charge in [-0.1, -0.05) is 6.07 Å². The number of hydrogen-bond donors (Lipinski definition) is 1. The van der Waals surface area contributed by atoms with Gasteiger partial charge in [0.1, 0.15) is 0 Å². The molecule has 0 aliphatic carbocycles. The molecule has 1 atom stereocenters. The molecule has 1 N–H and O–H groups in total. The van der Waals surface area contributed by atoms with E-state index in [1.165, 1.54) is 12.1 Å². The molecule has 2 aliphatic heterocycles. The maximum Gasteiger partial charge on any atom is 0.416 e. The van der Waals surface area contributed by atoms with Crippen molar-refractivity contribution in [2.75, 3.05) is 49.5 Å². The zero-order valence-corrected chi connectivity index (χ0v) is 16.3. The van der Waals surface area contributed by atoms with E-state index in [4.69, 9.17) is 0 Å². The monoisotopic (exact) mass is 415 g/mol. The maximum absolute atomic E-state index is 12.8. The number of halogens is 3. The summed E-state index contributed by atoms with van der Waals surface area (Å²) in [5.74, 6) is 1.59. The normalized spacial score (nSPS) is 21.4. The van der Waals surface area contributed by atoms with E-state index in [2.05, 4.69) is 5.32 Å². The van der Waals surface area contributed by atoms with Gasteiger partial charge in [-0.05, 0) is 37.6 Å². The number of nitrogens with zero attached hydrogens (tertiary/aromatic N) is 2. The quantitative estimate of drug-likeness (QED) is 0.822. The van der Waals surface area contributed by atoms with Crippen LogP contribution in [-0.2, 0) is 15.8 Å². The summed E-state index contributed by atoms with van der Waals surface area (Å²) >= 11 is 1.85. The van der Waals surface area contributed by atoms with Gasteiger partial charge in [-0.25, -0.2) is 0 Å². The van der Waals surface area contributed by atoms with E-state index >= 15 is 0 Å². The lowest BCUT2D eigenvalue weighted by molar-refractivity contribution is -0.138. The Morgan fingerprint density at radius 1 is 1.18 bits per heavy atom. The van der Waals surface area contributed by atoms with Gasteiger partial charge in [0.15, 0.2) is 0 Å². The molecular formula is C19H24F3N3O2S. The van der Waals surface area contributed by atoms with Crippen LogP contribution in [0.2, 0.25) is 0 Å². The van der Waals surface area contributed by atoms with Crippen LogP contribution in [-0.4, -0.2) is 65.8 Å². The lowest BCUT2D eigenvalue weighted by Crippen LogP contribution is -2.48. The molecule has 0 aromatic heterocycles. The second-order valence-corrected chi connectivity index (χ2v) is 8.36. The third-order valence-corrected chi connectivity index (χ3v) is 5.96. The van der Waals surface area contributed by atoms with Gasteiger partial charge in [-0.3, -0.25) is 14.5 Å². The molecule has 0 saturated carbocycles. The number of carbonyl (C=O) groups is 2. The van der Waals surface area contributed by atoms with Crippen molar-refractivity contribution < 1.29 is 22.8 Å². The van der Waals surface area contributed by atoms with E-state index in [0.29, 0.717) is 13.1 Å². The van der Waals surface area contributed by atoms with Crippen LogP contribution in [0.25, 0.3) is 0 Å². The minimum atomic E-state index is -4.45. The number of thioether (sulfide) groups is 1. The van der Waals surface area contributed by atoms with Crippen LogP contribution in [0.15, 0.2) is 24.3 Å². The molecule has 28 heavy (non-hydrogen) atoms. The standard InChI is InChI=1S/C19H24F3N3O2S/c20-19(21,22)15-4-1-5-16(11-15)23-17(26)13-24-6-2-3-14(12-24)18(27)25-7-9-28-10-8-25/h1,4-5,11,14H,2-3,6-10,12-13H2,(H,23,26). The third kappa shape index (κ3) is 5.64. The number of piperidine rings is 1. The largest absolute Gasteiger partial charge is 0.416 e. The summed E-state index contributed by atoms with van der Waals surface area (Å²) in [6.45, 7) is 2.83. The molecule has 3 rings (SSSR count).